The van der Waals surface area contributed by atoms with Crippen molar-refractivity contribution in [1.29, 1.82) is 0 Å². The Labute approximate surface area is 350 Å². The van der Waals surface area contributed by atoms with Gasteiger partial charge in [-0.25, -0.2) is 18.7 Å². The summed E-state index contributed by atoms with van der Waals surface area (Å²) in [5.74, 6) is 12.9. The average molecular weight is 818 g/mol. The van der Waals surface area contributed by atoms with Crippen molar-refractivity contribution in [2.24, 2.45) is 0 Å². The molecule has 0 aliphatic carbocycles. The summed E-state index contributed by atoms with van der Waals surface area (Å²) >= 11 is 0. The van der Waals surface area contributed by atoms with Crippen LogP contribution >= 0.6 is 12.4 Å². The van der Waals surface area contributed by atoms with E-state index in [4.69, 9.17) is 4.98 Å². The molecule has 4 heterocycles. The van der Waals surface area contributed by atoms with Crippen molar-refractivity contribution in [3.05, 3.63) is 151 Å². The number of carbonyl (C=O) groups is 1. The van der Waals surface area contributed by atoms with Crippen molar-refractivity contribution in [1.82, 2.24) is 24.0 Å². The first-order valence-corrected chi connectivity index (χ1v) is 19.3. The molecule has 11 heteroatoms. The molecule has 1 unspecified atom stereocenters. The second-order valence-electron chi connectivity index (χ2n) is 14.4. The Hall–Kier alpha value is -5.94. The zero-order valence-electron chi connectivity index (χ0n) is 33.1. The van der Waals surface area contributed by atoms with Crippen LogP contribution in [-0.2, 0) is 30.7 Å². The SMILES string of the molecule is C.CCC.CN(C)C1CCc2nc3cc(C#Cc4cccc(F)c4)ccc3c(=O)n2CC1.Cl.O=C1CCc2nc3cc(C#Cc4cccc(F)c4)ccc3c(=O)n2CC1. The molecular weight excluding hydrogens is 768 g/mol. The molecule has 59 heavy (non-hydrogen) atoms. The molecule has 1 atom stereocenters. The van der Waals surface area contributed by atoms with Crippen LogP contribution in [0, 0.1) is 35.3 Å². The van der Waals surface area contributed by atoms with E-state index in [1.54, 1.807) is 53.1 Å². The van der Waals surface area contributed by atoms with Gasteiger partial charge >= 0.3 is 0 Å². The maximum absolute atomic E-state index is 13.3. The molecule has 0 saturated carbocycles. The topological polar surface area (TPSA) is 90.1 Å². The van der Waals surface area contributed by atoms with Gasteiger partial charge in [0.05, 0.1) is 21.8 Å². The van der Waals surface area contributed by atoms with Crippen molar-refractivity contribution in [3.63, 3.8) is 0 Å². The third-order valence-corrected chi connectivity index (χ3v) is 9.78. The van der Waals surface area contributed by atoms with E-state index < -0.39 is 0 Å². The molecule has 0 radical (unpaired) electrons. The number of Topliss-reactive ketones (excluding diaryl/α,β-unsaturated/α-hetero) is 1. The van der Waals surface area contributed by atoms with Crippen LogP contribution in [0.15, 0.2) is 94.5 Å². The largest absolute Gasteiger partial charge is 0.306 e. The number of carbonyl (C=O) groups excluding carboxylic acids is 1. The minimum atomic E-state index is -0.331. The summed E-state index contributed by atoms with van der Waals surface area (Å²) in [5.41, 5.74) is 3.79. The van der Waals surface area contributed by atoms with Gasteiger partial charge in [-0.15, -0.1) is 12.4 Å². The molecule has 0 fully saturated rings. The summed E-state index contributed by atoms with van der Waals surface area (Å²) in [6.07, 6.45) is 5.24. The molecule has 8 rings (SSSR count). The summed E-state index contributed by atoms with van der Waals surface area (Å²) in [6, 6.07) is 23.4. The van der Waals surface area contributed by atoms with Crippen LogP contribution in [0.4, 0.5) is 8.78 Å². The molecule has 4 aromatic carbocycles. The number of halogens is 3. The van der Waals surface area contributed by atoms with Crippen molar-refractivity contribution < 1.29 is 13.6 Å². The van der Waals surface area contributed by atoms with E-state index >= 15 is 0 Å². The lowest BCUT2D eigenvalue weighted by Gasteiger charge is -2.21. The molecule has 2 aliphatic heterocycles. The van der Waals surface area contributed by atoms with E-state index in [2.05, 4.69) is 61.5 Å². The number of aryl methyl sites for hydroxylation is 2. The van der Waals surface area contributed by atoms with Gasteiger partial charge in [0.2, 0.25) is 0 Å². The smallest absolute Gasteiger partial charge is 0.261 e. The number of benzene rings is 4. The molecule has 0 saturated heterocycles. The monoisotopic (exact) mass is 817 g/mol. The fourth-order valence-corrected chi connectivity index (χ4v) is 6.80. The summed E-state index contributed by atoms with van der Waals surface area (Å²) < 4.78 is 30.0. The molecule has 8 nitrogen and oxygen atoms in total. The predicted octanol–water partition coefficient (Wildman–Crippen LogP) is 8.52. The highest BCUT2D eigenvalue weighted by molar-refractivity contribution is 5.85. The van der Waals surface area contributed by atoms with Crippen LogP contribution in [-0.4, -0.2) is 49.9 Å². The number of hydrogen-bond acceptors (Lipinski definition) is 6. The number of hydrogen-bond donors (Lipinski definition) is 0. The highest BCUT2D eigenvalue weighted by Crippen LogP contribution is 2.19. The van der Waals surface area contributed by atoms with E-state index in [1.165, 1.54) is 30.7 Å². The fraction of sp³-hybridized carbons (Fsp3) is 0.312. The third-order valence-electron chi connectivity index (χ3n) is 9.78. The second kappa shape index (κ2) is 21.2. The minimum absolute atomic E-state index is 0. The predicted molar refractivity (Wildman–Crippen MR) is 235 cm³/mol. The van der Waals surface area contributed by atoms with Crippen molar-refractivity contribution >= 4 is 40.0 Å². The standard InChI is InChI=1S/C23H22FN3O.C21H15FN2O2.C3H8.CH4.ClH/c1-26(2)19-9-11-22-25-21-15-17(7-6-16-4-3-5-18(24)14-16)8-10-20(21)23(28)27(22)13-12-19;22-16-3-1-2-14(12-16)4-5-15-6-8-18-19(13-15)23-20-9-7-17(25)10-11-24(20)21(18)26;1-3-2;;/h3-5,8,10,14-15,19H,9,11-13H2,1-2H3;1-3,6,8,12-13H,7,9-11H2;3H2,1-2H3;1H4;1H. The lowest BCUT2D eigenvalue weighted by atomic mass is 10.1. The minimum Gasteiger partial charge on any atom is -0.306 e. The van der Waals surface area contributed by atoms with Crippen LogP contribution in [0.2, 0.25) is 0 Å². The molecule has 306 valence electrons. The molecule has 0 N–H and O–H groups in total. The summed E-state index contributed by atoms with van der Waals surface area (Å²) in [7, 11) is 4.16. The zero-order chi connectivity index (χ0) is 40.5. The Kier molecular flexibility index (Phi) is 16.4. The van der Waals surface area contributed by atoms with Crippen molar-refractivity contribution in [3.8, 4) is 23.7 Å². The highest BCUT2D eigenvalue weighted by atomic mass is 35.5. The maximum Gasteiger partial charge on any atom is 0.261 e. The normalized spacial score (nSPS) is 14.1. The zero-order valence-corrected chi connectivity index (χ0v) is 34.0. The number of ketones is 1. The Morgan fingerprint density at radius 3 is 1.56 bits per heavy atom. The fourth-order valence-electron chi connectivity index (χ4n) is 6.80. The molecule has 6 aromatic rings. The van der Waals surface area contributed by atoms with Gasteiger partial charge in [-0.1, -0.05) is 63.5 Å². The van der Waals surface area contributed by atoms with Crippen molar-refractivity contribution in [2.75, 3.05) is 14.1 Å². The average Bonchev–Trinajstić information content (AvgIpc) is 3.53. The number of rotatable bonds is 1. The van der Waals surface area contributed by atoms with E-state index in [0.717, 1.165) is 30.7 Å². The van der Waals surface area contributed by atoms with Gasteiger partial charge in [0, 0.05) is 67.1 Å². The number of nitrogens with zero attached hydrogens (tertiary/aromatic N) is 5. The van der Waals surface area contributed by atoms with Crippen LogP contribution in [0.5, 0.6) is 0 Å². The first kappa shape index (κ1) is 45.8. The van der Waals surface area contributed by atoms with E-state index in [0.29, 0.717) is 82.7 Å². The summed E-state index contributed by atoms with van der Waals surface area (Å²) in [5, 5.41) is 1.13. The third kappa shape index (κ3) is 11.6. The lowest BCUT2D eigenvalue weighted by Crippen LogP contribution is -2.29. The van der Waals surface area contributed by atoms with E-state index in [-0.39, 0.29) is 48.4 Å². The van der Waals surface area contributed by atoms with Gasteiger partial charge in [-0.05, 0) is 99.7 Å². The molecule has 2 aromatic heterocycles. The maximum atomic E-state index is 13.3. The van der Waals surface area contributed by atoms with Crippen LogP contribution in [0.25, 0.3) is 21.8 Å². The van der Waals surface area contributed by atoms with Gasteiger partial charge in [0.15, 0.2) is 0 Å². The summed E-state index contributed by atoms with van der Waals surface area (Å²) in [6.45, 7) is 5.33. The quantitative estimate of drug-likeness (QED) is 0.155. The van der Waals surface area contributed by atoms with Gasteiger partial charge in [-0.3, -0.25) is 23.5 Å². The Bertz CT molecular complexity index is 2700. The van der Waals surface area contributed by atoms with E-state index in [1.807, 2.05) is 16.7 Å². The molecule has 0 bridgehead atoms. The van der Waals surface area contributed by atoms with Gasteiger partial charge < -0.3 is 4.90 Å². The van der Waals surface area contributed by atoms with Crippen molar-refractivity contribution in [2.45, 2.75) is 85.4 Å². The number of aromatic nitrogens is 4. The van der Waals surface area contributed by atoms with Crippen LogP contribution in [0.3, 0.4) is 0 Å². The molecular formula is C48H50ClF2N5O3. The highest BCUT2D eigenvalue weighted by Gasteiger charge is 2.21. The first-order valence-electron chi connectivity index (χ1n) is 19.3. The molecule has 0 amide bonds. The van der Waals surface area contributed by atoms with Gasteiger partial charge in [0.25, 0.3) is 11.1 Å². The Morgan fingerprint density at radius 1 is 0.627 bits per heavy atom. The Balaban J connectivity index is 0.000000237. The Morgan fingerprint density at radius 2 is 1.08 bits per heavy atom. The van der Waals surface area contributed by atoms with E-state index in [9.17, 15) is 23.2 Å². The first-order chi connectivity index (χ1) is 27.5. The van der Waals surface area contributed by atoms with Crippen LogP contribution in [0.1, 0.15) is 87.3 Å². The molecule has 0 spiro atoms. The molecule has 2 aliphatic rings. The van der Waals surface area contributed by atoms with Gasteiger partial charge in [-0.2, -0.15) is 0 Å². The second-order valence-corrected chi connectivity index (χ2v) is 14.4. The number of fused-ring (bicyclic) bond motifs is 4. The lowest BCUT2D eigenvalue weighted by molar-refractivity contribution is -0.119. The van der Waals surface area contributed by atoms with Gasteiger partial charge in [0.1, 0.15) is 29.1 Å². The van der Waals surface area contributed by atoms with Crippen LogP contribution < -0.4 is 11.1 Å². The summed E-state index contributed by atoms with van der Waals surface area (Å²) in [4.78, 5) is 48.9.